The van der Waals surface area contributed by atoms with Crippen molar-refractivity contribution in [3.8, 4) is 11.1 Å². The summed E-state index contributed by atoms with van der Waals surface area (Å²) < 4.78 is 0. The van der Waals surface area contributed by atoms with Gasteiger partial charge in [0, 0.05) is 5.69 Å². The number of rotatable bonds is 5. The van der Waals surface area contributed by atoms with Crippen molar-refractivity contribution in [1.82, 2.24) is 0 Å². The minimum atomic E-state index is 0.922. The van der Waals surface area contributed by atoms with Crippen molar-refractivity contribution >= 4 is 5.69 Å². The molecule has 100 valence electrons. The highest BCUT2D eigenvalue weighted by Gasteiger charge is 2.10. The number of nitrogen functional groups attached to an aromatic ring is 1. The van der Waals surface area contributed by atoms with Gasteiger partial charge in [0.05, 0.1) is 0 Å². The average molecular weight is 253 g/mol. The first kappa shape index (κ1) is 13.7. The Balaban J connectivity index is 2.55. The average Bonchev–Trinajstić information content (AvgIpc) is 2.42. The fourth-order valence-electron chi connectivity index (χ4n) is 2.66. The van der Waals surface area contributed by atoms with Gasteiger partial charge in [-0.1, -0.05) is 63.1 Å². The maximum atomic E-state index is 6.17. The first-order chi connectivity index (χ1) is 9.27. The number of hydrogen-bond acceptors (Lipinski definition) is 1. The molecular weight excluding hydrogens is 230 g/mol. The number of aryl methyl sites for hydroxylation is 1. The van der Waals surface area contributed by atoms with Crippen molar-refractivity contribution in [3.63, 3.8) is 0 Å². The summed E-state index contributed by atoms with van der Waals surface area (Å²) in [4.78, 5) is 0. The van der Waals surface area contributed by atoms with E-state index < -0.39 is 0 Å². The number of anilines is 1. The van der Waals surface area contributed by atoms with Crippen molar-refractivity contribution in [1.29, 1.82) is 0 Å². The maximum absolute atomic E-state index is 6.17. The third kappa shape index (κ3) is 2.98. The maximum Gasteiger partial charge on any atom is 0.0352 e. The van der Waals surface area contributed by atoms with Crippen LogP contribution in [0.15, 0.2) is 42.5 Å². The molecule has 0 aromatic heterocycles. The van der Waals surface area contributed by atoms with E-state index in [1.807, 2.05) is 6.07 Å². The summed E-state index contributed by atoms with van der Waals surface area (Å²) >= 11 is 0. The highest BCUT2D eigenvalue weighted by molar-refractivity contribution is 5.75. The zero-order valence-electron chi connectivity index (χ0n) is 11.9. The summed E-state index contributed by atoms with van der Waals surface area (Å²) in [6, 6.07) is 15.0. The van der Waals surface area contributed by atoms with E-state index in [1.54, 1.807) is 0 Å². The van der Waals surface area contributed by atoms with Gasteiger partial charge in [-0.15, -0.1) is 0 Å². The van der Waals surface area contributed by atoms with Crippen molar-refractivity contribution in [2.75, 3.05) is 5.73 Å². The molecule has 0 amide bonds. The first-order valence-corrected chi connectivity index (χ1v) is 7.23. The fourth-order valence-corrected chi connectivity index (χ4v) is 2.66. The summed E-state index contributed by atoms with van der Waals surface area (Å²) in [6.45, 7) is 4.43. The molecule has 0 aliphatic heterocycles. The lowest BCUT2D eigenvalue weighted by Crippen LogP contribution is -1.99. The summed E-state index contributed by atoms with van der Waals surface area (Å²) in [7, 11) is 0. The van der Waals surface area contributed by atoms with E-state index >= 15 is 0 Å². The lowest BCUT2D eigenvalue weighted by Gasteiger charge is -2.15. The lowest BCUT2D eigenvalue weighted by molar-refractivity contribution is 0.915. The predicted molar refractivity (Wildman–Crippen MR) is 84.3 cm³/mol. The van der Waals surface area contributed by atoms with E-state index in [1.165, 1.54) is 28.7 Å². The minimum absolute atomic E-state index is 0.922. The number of nitrogens with two attached hydrogens (primary N) is 1. The van der Waals surface area contributed by atoms with Crippen molar-refractivity contribution in [2.24, 2.45) is 0 Å². The molecule has 2 rings (SSSR count). The summed E-state index contributed by atoms with van der Waals surface area (Å²) in [5, 5.41) is 0. The molecule has 2 aromatic carbocycles. The predicted octanol–water partition coefficient (Wildman–Crippen LogP) is 4.84. The molecule has 0 radical (unpaired) electrons. The summed E-state index contributed by atoms with van der Waals surface area (Å²) in [5.41, 5.74) is 12.5. The summed E-state index contributed by atoms with van der Waals surface area (Å²) in [5.74, 6) is 0. The Labute approximate surface area is 116 Å². The second-order valence-corrected chi connectivity index (χ2v) is 5.03. The molecule has 0 aliphatic rings. The zero-order chi connectivity index (χ0) is 13.7. The molecule has 0 bridgehead atoms. The lowest BCUT2D eigenvalue weighted by atomic mass is 9.91. The monoisotopic (exact) mass is 253 g/mol. The molecule has 0 fully saturated rings. The highest BCUT2D eigenvalue weighted by Crippen LogP contribution is 2.31. The Morgan fingerprint density at radius 1 is 0.789 bits per heavy atom. The largest absolute Gasteiger partial charge is 0.398 e. The molecule has 1 heteroatoms. The van der Waals surface area contributed by atoms with Gasteiger partial charge in [-0.3, -0.25) is 0 Å². The van der Waals surface area contributed by atoms with Gasteiger partial charge in [-0.2, -0.15) is 0 Å². The van der Waals surface area contributed by atoms with Gasteiger partial charge in [0.25, 0.3) is 0 Å². The van der Waals surface area contributed by atoms with E-state index in [-0.39, 0.29) is 0 Å². The van der Waals surface area contributed by atoms with Gasteiger partial charge in [0.15, 0.2) is 0 Å². The van der Waals surface area contributed by atoms with Crippen LogP contribution < -0.4 is 5.73 Å². The van der Waals surface area contributed by atoms with Crippen molar-refractivity contribution in [3.05, 3.63) is 53.6 Å². The Bertz CT molecular complexity index is 543. The molecule has 1 nitrogen and oxygen atoms in total. The van der Waals surface area contributed by atoms with E-state index in [2.05, 4.69) is 50.2 Å². The van der Waals surface area contributed by atoms with Gasteiger partial charge >= 0.3 is 0 Å². The van der Waals surface area contributed by atoms with Crippen LogP contribution in [0.5, 0.6) is 0 Å². The van der Waals surface area contributed by atoms with Crippen molar-refractivity contribution < 1.29 is 0 Å². The standard InChI is InChI=1S/C18H23N/c1-3-8-14-10-5-6-11-15(14)16-12-7-13-18(19)17(16)9-4-2/h5-7,10-13H,3-4,8-9,19H2,1-2H3. The molecule has 19 heavy (non-hydrogen) atoms. The normalized spacial score (nSPS) is 10.6. The van der Waals surface area contributed by atoms with Crippen LogP contribution in [0.25, 0.3) is 11.1 Å². The SMILES string of the molecule is CCCc1ccccc1-c1cccc(N)c1CCC. The molecular formula is C18H23N. The topological polar surface area (TPSA) is 26.0 Å². The van der Waals surface area contributed by atoms with Gasteiger partial charge in [-0.05, 0) is 41.2 Å². The van der Waals surface area contributed by atoms with Crippen LogP contribution in [0.3, 0.4) is 0 Å². The Morgan fingerprint density at radius 2 is 1.47 bits per heavy atom. The Morgan fingerprint density at radius 3 is 2.21 bits per heavy atom. The third-order valence-corrected chi connectivity index (χ3v) is 3.54. The van der Waals surface area contributed by atoms with Gasteiger partial charge in [-0.25, -0.2) is 0 Å². The van der Waals surface area contributed by atoms with Crippen LogP contribution in [0.4, 0.5) is 5.69 Å². The van der Waals surface area contributed by atoms with E-state index in [4.69, 9.17) is 5.73 Å². The Hall–Kier alpha value is -1.76. The second kappa shape index (κ2) is 6.42. The molecule has 0 unspecified atom stereocenters. The van der Waals surface area contributed by atoms with Crippen molar-refractivity contribution in [2.45, 2.75) is 39.5 Å². The second-order valence-electron chi connectivity index (χ2n) is 5.03. The Kier molecular flexibility index (Phi) is 4.62. The van der Waals surface area contributed by atoms with E-state index in [9.17, 15) is 0 Å². The molecule has 0 heterocycles. The van der Waals surface area contributed by atoms with Gasteiger partial charge in [0.1, 0.15) is 0 Å². The van der Waals surface area contributed by atoms with Crippen LogP contribution in [0.2, 0.25) is 0 Å². The van der Waals surface area contributed by atoms with E-state index in [0.717, 1.165) is 24.9 Å². The zero-order valence-corrected chi connectivity index (χ0v) is 11.9. The van der Waals surface area contributed by atoms with Gasteiger partial charge in [0.2, 0.25) is 0 Å². The first-order valence-electron chi connectivity index (χ1n) is 7.23. The van der Waals surface area contributed by atoms with Crippen LogP contribution >= 0.6 is 0 Å². The van der Waals surface area contributed by atoms with Crippen LogP contribution in [0, 0.1) is 0 Å². The van der Waals surface area contributed by atoms with Crippen LogP contribution in [0.1, 0.15) is 37.8 Å². The summed E-state index contributed by atoms with van der Waals surface area (Å²) in [6.07, 6.45) is 4.46. The van der Waals surface area contributed by atoms with Gasteiger partial charge < -0.3 is 5.73 Å². The molecule has 0 spiro atoms. The highest BCUT2D eigenvalue weighted by atomic mass is 14.6. The molecule has 0 saturated heterocycles. The quantitative estimate of drug-likeness (QED) is 0.758. The molecule has 2 aromatic rings. The van der Waals surface area contributed by atoms with E-state index in [0.29, 0.717) is 0 Å². The molecule has 0 atom stereocenters. The minimum Gasteiger partial charge on any atom is -0.398 e. The molecule has 0 saturated carbocycles. The molecule has 2 N–H and O–H groups in total. The van der Waals surface area contributed by atoms with Crippen LogP contribution in [-0.2, 0) is 12.8 Å². The number of hydrogen-bond donors (Lipinski definition) is 1. The third-order valence-electron chi connectivity index (χ3n) is 3.54. The molecule has 0 aliphatic carbocycles. The van der Waals surface area contributed by atoms with Crippen LogP contribution in [-0.4, -0.2) is 0 Å². The number of benzene rings is 2. The smallest absolute Gasteiger partial charge is 0.0352 e. The fraction of sp³-hybridized carbons (Fsp3) is 0.333.